The average Bonchev–Trinajstić information content (AvgIpc) is 2.92. The van der Waals surface area contributed by atoms with E-state index in [4.69, 9.17) is 0 Å². The SMILES string of the molecule is CC(C)CC(=O)[C@H]1CC[C@H]2C3=CC[C@H]4NC(=O)CC[C@]4(C)[C@H]3CC[C@]12C. The second-order valence-electron chi connectivity index (χ2n) is 10.4. The number of ketones is 1. The topological polar surface area (TPSA) is 46.2 Å². The Bertz CT molecular complexity index is 651. The van der Waals surface area contributed by atoms with Crippen molar-refractivity contribution in [2.75, 3.05) is 0 Å². The van der Waals surface area contributed by atoms with Crippen LogP contribution in [0.1, 0.15) is 79.1 Å². The van der Waals surface area contributed by atoms with Crippen LogP contribution in [0.15, 0.2) is 11.6 Å². The number of amides is 1. The maximum atomic E-state index is 12.9. The first kappa shape index (κ1) is 18.3. The number of rotatable bonds is 3. The molecule has 0 aromatic carbocycles. The second kappa shape index (κ2) is 6.21. The van der Waals surface area contributed by atoms with E-state index in [0.29, 0.717) is 36.0 Å². The first-order valence-corrected chi connectivity index (χ1v) is 10.8. The van der Waals surface area contributed by atoms with E-state index in [1.165, 1.54) is 19.3 Å². The van der Waals surface area contributed by atoms with Gasteiger partial charge in [0.05, 0.1) is 0 Å². The molecule has 1 amide bonds. The lowest BCUT2D eigenvalue weighted by atomic mass is 9.50. The molecule has 4 aliphatic rings. The first-order chi connectivity index (χ1) is 12.3. The van der Waals surface area contributed by atoms with E-state index in [1.54, 1.807) is 5.57 Å². The van der Waals surface area contributed by atoms with Crippen molar-refractivity contribution in [1.29, 1.82) is 0 Å². The Balaban J connectivity index is 1.61. The maximum absolute atomic E-state index is 12.9. The van der Waals surface area contributed by atoms with E-state index in [-0.39, 0.29) is 22.7 Å². The number of carbonyl (C=O) groups excluding carboxylic acids is 2. The molecular weight excluding hydrogens is 322 g/mol. The Labute approximate surface area is 158 Å². The highest BCUT2D eigenvalue weighted by Gasteiger charge is 2.58. The van der Waals surface area contributed by atoms with Gasteiger partial charge in [-0.2, -0.15) is 0 Å². The molecule has 1 N–H and O–H groups in total. The Morgan fingerprint density at radius 3 is 2.62 bits per heavy atom. The Morgan fingerprint density at radius 2 is 1.88 bits per heavy atom. The highest BCUT2D eigenvalue weighted by molar-refractivity contribution is 5.82. The van der Waals surface area contributed by atoms with Crippen LogP contribution in [0, 0.1) is 34.5 Å². The van der Waals surface area contributed by atoms with E-state index in [2.05, 4.69) is 39.1 Å². The van der Waals surface area contributed by atoms with Crippen molar-refractivity contribution >= 4 is 11.7 Å². The van der Waals surface area contributed by atoms with Gasteiger partial charge in [0.2, 0.25) is 5.91 Å². The van der Waals surface area contributed by atoms with Crippen molar-refractivity contribution in [2.24, 2.45) is 34.5 Å². The summed E-state index contributed by atoms with van der Waals surface area (Å²) in [6.07, 6.45) is 10.5. The van der Waals surface area contributed by atoms with E-state index in [1.807, 2.05) is 0 Å². The van der Waals surface area contributed by atoms with Crippen LogP contribution in [-0.2, 0) is 9.59 Å². The van der Waals surface area contributed by atoms with Gasteiger partial charge in [0.15, 0.2) is 0 Å². The lowest BCUT2D eigenvalue weighted by Gasteiger charge is -2.56. The number of fused-ring (bicyclic) bond motifs is 5. The minimum atomic E-state index is 0.162. The zero-order chi connectivity index (χ0) is 18.7. The Hall–Kier alpha value is -1.12. The van der Waals surface area contributed by atoms with Gasteiger partial charge in [0.25, 0.3) is 0 Å². The summed E-state index contributed by atoms with van der Waals surface area (Å²) >= 11 is 0. The average molecular weight is 358 g/mol. The van der Waals surface area contributed by atoms with E-state index < -0.39 is 0 Å². The highest BCUT2D eigenvalue weighted by atomic mass is 16.1. The van der Waals surface area contributed by atoms with Crippen LogP contribution in [0.3, 0.4) is 0 Å². The van der Waals surface area contributed by atoms with Gasteiger partial charge in [-0.3, -0.25) is 9.59 Å². The summed E-state index contributed by atoms with van der Waals surface area (Å²) in [5.41, 5.74) is 2.02. The lowest BCUT2D eigenvalue weighted by molar-refractivity contribution is -0.130. The van der Waals surface area contributed by atoms with Crippen molar-refractivity contribution in [2.45, 2.75) is 85.1 Å². The van der Waals surface area contributed by atoms with Gasteiger partial charge in [-0.15, -0.1) is 0 Å². The monoisotopic (exact) mass is 357 g/mol. The molecule has 1 heterocycles. The molecule has 0 aromatic heterocycles. The molecule has 3 heteroatoms. The van der Waals surface area contributed by atoms with Gasteiger partial charge in [-0.05, 0) is 67.1 Å². The molecule has 0 radical (unpaired) electrons. The van der Waals surface area contributed by atoms with Gasteiger partial charge in [0, 0.05) is 24.8 Å². The fraction of sp³-hybridized carbons (Fsp3) is 0.826. The van der Waals surface area contributed by atoms with E-state index in [9.17, 15) is 9.59 Å². The van der Waals surface area contributed by atoms with Crippen LogP contribution in [0.5, 0.6) is 0 Å². The predicted octanol–water partition coefficient (Wildman–Crippen LogP) is 4.66. The molecule has 3 fully saturated rings. The van der Waals surface area contributed by atoms with Crippen molar-refractivity contribution in [3.05, 3.63) is 11.6 Å². The summed E-state index contributed by atoms with van der Waals surface area (Å²) in [4.78, 5) is 24.8. The first-order valence-electron chi connectivity index (χ1n) is 10.8. The van der Waals surface area contributed by atoms with Gasteiger partial charge in [-0.25, -0.2) is 0 Å². The molecule has 0 aromatic rings. The summed E-state index contributed by atoms with van der Waals surface area (Å²) in [6, 6.07) is 0.307. The third kappa shape index (κ3) is 2.60. The summed E-state index contributed by atoms with van der Waals surface area (Å²) < 4.78 is 0. The van der Waals surface area contributed by atoms with E-state index in [0.717, 1.165) is 25.7 Å². The number of hydrogen-bond donors (Lipinski definition) is 1. The minimum absolute atomic E-state index is 0.162. The van der Waals surface area contributed by atoms with Crippen molar-refractivity contribution in [3.63, 3.8) is 0 Å². The summed E-state index contributed by atoms with van der Waals surface area (Å²) in [5.74, 6) is 2.63. The minimum Gasteiger partial charge on any atom is -0.352 e. The van der Waals surface area contributed by atoms with Crippen molar-refractivity contribution in [3.8, 4) is 0 Å². The number of carbonyl (C=O) groups is 2. The molecule has 144 valence electrons. The molecule has 0 bridgehead atoms. The normalized spacial score (nSPS) is 44.7. The molecule has 1 aliphatic heterocycles. The van der Waals surface area contributed by atoms with Crippen molar-refractivity contribution in [1.82, 2.24) is 5.32 Å². The molecule has 3 aliphatic carbocycles. The molecule has 26 heavy (non-hydrogen) atoms. The third-order valence-electron chi connectivity index (χ3n) is 8.52. The number of nitrogens with one attached hydrogen (secondary N) is 1. The molecule has 6 atom stereocenters. The highest BCUT2D eigenvalue weighted by Crippen LogP contribution is 2.64. The number of hydrogen-bond acceptors (Lipinski definition) is 2. The van der Waals surface area contributed by atoms with Crippen LogP contribution >= 0.6 is 0 Å². The molecule has 4 rings (SSSR count). The fourth-order valence-electron chi connectivity index (χ4n) is 7.05. The maximum Gasteiger partial charge on any atom is 0.220 e. The smallest absolute Gasteiger partial charge is 0.220 e. The third-order valence-corrected chi connectivity index (χ3v) is 8.52. The molecule has 0 unspecified atom stereocenters. The van der Waals surface area contributed by atoms with Gasteiger partial charge in [0.1, 0.15) is 5.78 Å². The number of Topliss-reactive ketones (excluding diaryl/α,β-unsaturated/α-hetero) is 1. The second-order valence-corrected chi connectivity index (χ2v) is 10.4. The Kier molecular flexibility index (Phi) is 4.36. The lowest BCUT2D eigenvalue weighted by Crippen LogP contribution is -2.58. The predicted molar refractivity (Wildman–Crippen MR) is 103 cm³/mol. The number of allylic oxidation sites excluding steroid dienone is 1. The standard InChI is InChI=1S/C23H35NO2/c1-14(2)13-19(25)18-7-6-16-15-5-8-20-23(4,12-10-21(26)24-20)17(15)9-11-22(16,18)3/h5,14,16-18,20H,6-13H2,1-4H3,(H,24,26)/t16-,17-,18+,20+,22-,23+/m0/s1. The zero-order valence-electron chi connectivity index (χ0n) is 16.9. The fourth-order valence-corrected chi connectivity index (χ4v) is 7.05. The molecule has 3 nitrogen and oxygen atoms in total. The molecule has 0 spiro atoms. The van der Waals surface area contributed by atoms with Crippen LogP contribution in [0.25, 0.3) is 0 Å². The molecular formula is C23H35NO2. The summed E-state index contributed by atoms with van der Waals surface area (Å²) in [5, 5.41) is 3.27. The van der Waals surface area contributed by atoms with Crippen LogP contribution < -0.4 is 5.32 Å². The largest absolute Gasteiger partial charge is 0.352 e. The summed E-state index contributed by atoms with van der Waals surface area (Å²) in [6.45, 7) is 9.13. The zero-order valence-corrected chi connectivity index (χ0v) is 16.9. The van der Waals surface area contributed by atoms with Gasteiger partial charge in [-0.1, -0.05) is 39.3 Å². The van der Waals surface area contributed by atoms with Crippen LogP contribution in [0.2, 0.25) is 0 Å². The Morgan fingerprint density at radius 1 is 1.15 bits per heavy atom. The van der Waals surface area contributed by atoms with Crippen LogP contribution in [0.4, 0.5) is 0 Å². The summed E-state index contributed by atoms with van der Waals surface area (Å²) in [7, 11) is 0. The molecule has 2 saturated carbocycles. The van der Waals surface area contributed by atoms with Crippen molar-refractivity contribution < 1.29 is 9.59 Å². The molecule has 1 saturated heterocycles. The van der Waals surface area contributed by atoms with Crippen LogP contribution in [-0.4, -0.2) is 17.7 Å². The van der Waals surface area contributed by atoms with Gasteiger partial charge < -0.3 is 5.32 Å². The number of piperidine rings is 1. The van der Waals surface area contributed by atoms with Gasteiger partial charge >= 0.3 is 0 Å². The quantitative estimate of drug-likeness (QED) is 0.747. The van der Waals surface area contributed by atoms with E-state index >= 15 is 0 Å².